The molecule has 0 radical (unpaired) electrons. The molecular formula is C12H14F4N2O. The largest absolute Gasteiger partial charge is 0.416 e. The summed E-state index contributed by atoms with van der Waals surface area (Å²) in [7, 11) is 0. The van der Waals surface area contributed by atoms with Gasteiger partial charge in [0.1, 0.15) is 5.82 Å². The number of alkyl halides is 3. The molecule has 1 fully saturated rings. The Hall–Kier alpha value is -1.18. The maximum absolute atomic E-state index is 13.3. The van der Waals surface area contributed by atoms with E-state index in [0.717, 1.165) is 18.2 Å². The Bertz CT molecular complexity index is 444. The molecule has 1 aromatic carbocycles. The maximum Gasteiger partial charge on any atom is 0.416 e. The molecule has 19 heavy (non-hydrogen) atoms. The highest BCUT2D eigenvalue weighted by atomic mass is 19.4. The molecule has 0 saturated carbocycles. The van der Waals surface area contributed by atoms with Crippen LogP contribution in [0.5, 0.6) is 0 Å². The fourth-order valence-corrected chi connectivity index (χ4v) is 2.34. The Morgan fingerprint density at radius 2 is 2.11 bits per heavy atom. The summed E-state index contributed by atoms with van der Waals surface area (Å²) in [4.78, 5) is 0. The second kappa shape index (κ2) is 5.44. The Morgan fingerprint density at radius 3 is 2.63 bits per heavy atom. The van der Waals surface area contributed by atoms with Gasteiger partial charge in [-0.1, -0.05) is 0 Å². The molecule has 0 spiro atoms. The Labute approximate surface area is 107 Å². The molecule has 1 aliphatic heterocycles. The molecule has 2 rings (SSSR count). The minimum absolute atomic E-state index is 0.175. The number of benzene rings is 1. The van der Waals surface area contributed by atoms with Crippen LogP contribution in [0.25, 0.3) is 0 Å². The molecule has 2 atom stereocenters. The molecule has 1 heterocycles. The Morgan fingerprint density at radius 1 is 1.37 bits per heavy atom. The SMILES string of the molecule is NNC(c1cc(F)ccc1C(F)(F)F)C1CCOC1. The first kappa shape index (κ1) is 14.2. The van der Waals surface area contributed by atoms with Crippen molar-refractivity contribution >= 4 is 0 Å². The average molecular weight is 278 g/mol. The molecule has 1 aromatic rings. The van der Waals surface area contributed by atoms with Crippen molar-refractivity contribution in [2.24, 2.45) is 11.8 Å². The molecule has 3 nitrogen and oxygen atoms in total. The van der Waals surface area contributed by atoms with Gasteiger partial charge in [-0.15, -0.1) is 0 Å². The van der Waals surface area contributed by atoms with Gasteiger partial charge in [-0.25, -0.2) is 4.39 Å². The summed E-state index contributed by atoms with van der Waals surface area (Å²) in [5.74, 6) is 4.43. The van der Waals surface area contributed by atoms with Crippen LogP contribution in [0.3, 0.4) is 0 Å². The van der Waals surface area contributed by atoms with Crippen molar-refractivity contribution < 1.29 is 22.3 Å². The van der Waals surface area contributed by atoms with Gasteiger partial charge in [0.2, 0.25) is 0 Å². The summed E-state index contributed by atoms with van der Waals surface area (Å²) in [5.41, 5.74) is 1.31. The van der Waals surface area contributed by atoms with Crippen LogP contribution in [-0.4, -0.2) is 13.2 Å². The van der Waals surface area contributed by atoms with E-state index in [0.29, 0.717) is 19.6 Å². The molecular weight excluding hydrogens is 264 g/mol. The van der Waals surface area contributed by atoms with Gasteiger partial charge in [0, 0.05) is 12.5 Å². The third kappa shape index (κ3) is 3.05. The van der Waals surface area contributed by atoms with Crippen LogP contribution in [0.1, 0.15) is 23.6 Å². The van der Waals surface area contributed by atoms with Gasteiger partial charge in [0.15, 0.2) is 0 Å². The zero-order valence-electron chi connectivity index (χ0n) is 10.0. The minimum atomic E-state index is -4.54. The van der Waals surface area contributed by atoms with Crippen molar-refractivity contribution in [3.63, 3.8) is 0 Å². The molecule has 1 saturated heterocycles. The first-order chi connectivity index (χ1) is 8.93. The predicted molar refractivity (Wildman–Crippen MR) is 60.4 cm³/mol. The van der Waals surface area contributed by atoms with Gasteiger partial charge >= 0.3 is 6.18 Å². The van der Waals surface area contributed by atoms with Crippen LogP contribution in [0.2, 0.25) is 0 Å². The highest BCUT2D eigenvalue weighted by Gasteiger charge is 2.37. The number of rotatable bonds is 3. The van der Waals surface area contributed by atoms with E-state index in [-0.39, 0.29) is 11.5 Å². The number of hydrogen-bond acceptors (Lipinski definition) is 3. The van der Waals surface area contributed by atoms with Gasteiger partial charge in [-0.2, -0.15) is 13.2 Å². The molecule has 3 N–H and O–H groups in total. The average Bonchev–Trinajstić information content (AvgIpc) is 2.82. The lowest BCUT2D eigenvalue weighted by molar-refractivity contribution is -0.138. The number of nitrogens with two attached hydrogens (primary N) is 1. The van der Waals surface area contributed by atoms with E-state index in [4.69, 9.17) is 10.6 Å². The van der Waals surface area contributed by atoms with Gasteiger partial charge in [0.25, 0.3) is 0 Å². The fraction of sp³-hybridized carbons (Fsp3) is 0.500. The van der Waals surface area contributed by atoms with Gasteiger partial charge in [0.05, 0.1) is 18.2 Å². The van der Waals surface area contributed by atoms with E-state index in [9.17, 15) is 17.6 Å². The first-order valence-electron chi connectivity index (χ1n) is 5.84. The quantitative estimate of drug-likeness (QED) is 0.507. The molecule has 0 amide bonds. The van der Waals surface area contributed by atoms with E-state index in [2.05, 4.69) is 5.43 Å². The fourth-order valence-electron chi connectivity index (χ4n) is 2.34. The summed E-state index contributed by atoms with van der Waals surface area (Å²) < 4.78 is 57.2. The molecule has 0 bridgehead atoms. The predicted octanol–water partition coefficient (Wildman–Crippen LogP) is 2.39. The van der Waals surface area contributed by atoms with E-state index >= 15 is 0 Å². The lowest BCUT2D eigenvalue weighted by atomic mass is 9.89. The van der Waals surface area contributed by atoms with Crippen LogP contribution in [0, 0.1) is 11.7 Å². The van der Waals surface area contributed by atoms with Gasteiger partial charge in [-0.3, -0.25) is 11.3 Å². The second-order valence-electron chi connectivity index (χ2n) is 4.50. The minimum Gasteiger partial charge on any atom is -0.381 e. The normalized spacial score (nSPS) is 21.6. The van der Waals surface area contributed by atoms with Crippen LogP contribution in [-0.2, 0) is 10.9 Å². The lowest BCUT2D eigenvalue weighted by Crippen LogP contribution is -2.35. The topological polar surface area (TPSA) is 47.3 Å². The van der Waals surface area contributed by atoms with E-state index < -0.39 is 23.6 Å². The second-order valence-corrected chi connectivity index (χ2v) is 4.50. The highest BCUT2D eigenvalue weighted by molar-refractivity contribution is 5.33. The first-order valence-corrected chi connectivity index (χ1v) is 5.84. The molecule has 7 heteroatoms. The van der Waals surface area contributed by atoms with Crippen molar-refractivity contribution in [3.05, 3.63) is 35.1 Å². The van der Waals surface area contributed by atoms with Crippen LogP contribution >= 0.6 is 0 Å². The summed E-state index contributed by atoms with van der Waals surface area (Å²) in [6.07, 6.45) is -3.96. The molecule has 1 aliphatic rings. The molecule has 106 valence electrons. The standard InChI is InChI=1S/C12H14F4N2O/c13-8-1-2-10(12(14,15)16)9(5-8)11(18-17)7-3-4-19-6-7/h1-2,5,7,11,18H,3-4,6,17H2. The van der Waals surface area contributed by atoms with Crippen molar-refractivity contribution in [2.45, 2.75) is 18.6 Å². The van der Waals surface area contributed by atoms with Crippen molar-refractivity contribution in [3.8, 4) is 0 Å². The maximum atomic E-state index is 13.3. The Balaban J connectivity index is 2.42. The van der Waals surface area contributed by atoms with Crippen molar-refractivity contribution in [1.82, 2.24) is 5.43 Å². The molecule has 2 unspecified atom stereocenters. The smallest absolute Gasteiger partial charge is 0.381 e. The van der Waals surface area contributed by atoms with Crippen molar-refractivity contribution in [1.29, 1.82) is 0 Å². The number of nitrogens with one attached hydrogen (secondary N) is 1. The third-order valence-electron chi connectivity index (χ3n) is 3.27. The third-order valence-corrected chi connectivity index (χ3v) is 3.27. The van der Waals surface area contributed by atoms with E-state index in [1.54, 1.807) is 0 Å². The zero-order valence-corrected chi connectivity index (χ0v) is 10.0. The van der Waals surface area contributed by atoms with Gasteiger partial charge in [-0.05, 0) is 30.2 Å². The Kier molecular flexibility index (Phi) is 4.07. The summed E-state index contributed by atoms with van der Waals surface area (Å²) >= 11 is 0. The zero-order chi connectivity index (χ0) is 14.0. The van der Waals surface area contributed by atoms with Crippen LogP contribution < -0.4 is 11.3 Å². The lowest BCUT2D eigenvalue weighted by Gasteiger charge is -2.25. The number of halogens is 4. The highest BCUT2D eigenvalue weighted by Crippen LogP contribution is 2.38. The van der Waals surface area contributed by atoms with Crippen LogP contribution in [0.15, 0.2) is 18.2 Å². The molecule has 0 aromatic heterocycles. The molecule has 0 aliphatic carbocycles. The number of hydrazine groups is 1. The summed E-state index contributed by atoms with van der Waals surface area (Å²) in [5, 5.41) is 0. The van der Waals surface area contributed by atoms with E-state index in [1.807, 2.05) is 0 Å². The summed E-state index contributed by atoms with van der Waals surface area (Å²) in [6, 6.07) is 1.64. The summed E-state index contributed by atoms with van der Waals surface area (Å²) in [6.45, 7) is 0.780. The number of hydrogen-bond donors (Lipinski definition) is 2. The van der Waals surface area contributed by atoms with Gasteiger partial charge < -0.3 is 4.74 Å². The number of ether oxygens (including phenoxy) is 1. The monoisotopic (exact) mass is 278 g/mol. The van der Waals surface area contributed by atoms with E-state index in [1.165, 1.54) is 0 Å². The van der Waals surface area contributed by atoms with Crippen molar-refractivity contribution in [2.75, 3.05) is 13.2 Å². The van der Waals surface area contributed by atoms with Crippen LogP contribution in [0.4, 0.5) is 17.6 Å².